The van der Waals surface area contributed by atoms with Crippen molar-refractivity contribution in [2.45, 2.75) is 0 Å². The van der Waals surface area contributed by atoms with Crippen molar-refractivity contribution in [1.82, 2.24) is 20.9 Å². The van der Waals surface area contributed by atoms with Gasteiger partial charge in [-0.1, -0.05) is 12.1 Å². The van der Waals surface area contributed by atoms with E-state index in [2.05, 4.69) is 20.9 Å². The third-order valence-corrected chi connectivity index (χ3v) is 3.28. The van der Waals surface area contributed by atoms with Crippen LogP contribution in [0.1, 0.15) is 5.56 Å². The van der Waals surface area contributed by atoms with Gasteiger partial charge in [-0.05, 0) is 23.8 Å². The van der Waals surface area contributed by atoms with Crippen molar-refractivity contribution in [2.75, 3.05) is 39.3 Å². The second-order valence-corrected chi connectivity index (χ2v) is 4.88. The molecule has 2 amide bonds. The molecule has 2 rings (SSSR count). The third-order valence-electron chi connectivity index (χ3n) is 3.28. The molecule has 1 aromatic rings. The SMILES string of the molecule is O=C(N/C=C/c1ccc(F)cc1)NCCN1CCNCC1. The highest BCUT2D eigenvalue weighted by atomic mass is 19.1. The van der Waals surface area contributed by atoms with Gasteiger partial charge in [0, 0.05) is 45.5 Å². The first-order chi connectivity index (χ1) is 10.2. The molecule has 1 saturated heterocycles. The number of carbonyl (C=O) groups is 1. The number of piperazine rings is 1. The van der Waals surface area contributed by atoms with E-state index in [0.29, 0.717) is 6.54 Å². The van der Waals surface area contributed by atoms with Crippen LogP contribution in [0.15, 0.2) is 30.5 Å². The van der Waals surface area contributed by atoms with Crippen LogP contribution in [0, 0.1) is 5.82 Å². The van der Waals surface area contributed by atoms with Gasteiger partial charge in [-0.15, -0.1) is 0 Å². The third kappa shape index (κ3) is 5.93. The topological polar surface area (TPSA) is 56.4 Å². The smallest absolute Gasteiger partial charge is 0.318 e. The van der Waals surface area contributed by atoms with Crippen molar-refractivity contribution in [2.24, 2.45) is 0 Å². The zero-order chi connectivity index (χ0) is 14.9. The Kier molecular flexibility index (Phi) is 6.18. The molecule has 0 radical (unpaired) electrons. The van der Waals surface area contributed by atoms with Crippen molar-refractivity contribution < 1.29 is 9.18 Å². The fourth-order valence-electron chi connectivity index (χ4n) is 2.10. The quantitative estimate of drug-likeness (QED) is 0.759. The van der Waals surface area contributed by atoms with Crippen LogP contribution >= 0.6 is 0 Å². The van der Waals surface area contributed by atoms with E-state index >= 15 is 0 Å². The molecule has 5 nitrogen and oxygen atoms in total. The van der Waals surface area contributed by atoms with E-state index in [1.807, 2.05) is 0 Å². The fraction of sp³-hybridized carbons (Fsp3) is 0.400. The monoisotopic (exact) mass is 292 g/mol. The Labute approximate surface area is 124 Å². The molecule has 0 bridgehead atoms. The Morgan fingerprint density at radius 3 is 2.71 bits per heavy atom. The molecule has 114 valence electrons. The zero-order valence-corrected chi connectivity index (χ0v) is 11.9. The number of hydrogen-bond acceptors (Lipinski definition) is 3. The molecule has 0 atom stereocenters. The molecule has 0 aliphatic carbocycles. The Hall–Kier alpha value is -1.92. The van der Waals surface area contributed by atoms with Gasteiger partial charge >= 0.3 is 6.03 Å². The van der Waals surface area contributed by atoms with Gasteiger partial charge in [-0.2, -0.15) is 0 Å². The molecule has 3 N–H and O–H groups in total. The largest absolute Gasteiger partial charge is 0.337 e. The van der Waals surface area contributed by atoms with Crippen LogP contribution in [0.2, 0.25) is 0 Å². The first kappa shape index (κ1) is 15.5. The van der Waals surface area contributed by atoms with Crippen molar-refractivity contribution in [3.05, 3.63) is 41.8 Å². The summed E-state index contributed by atoms with van der Waals surface area (Å²) in [6, 6.07) is 5.83. The Bertz CT molecular complexity index is 469. The molecule has 0 aromatic heterocycles. The number of benzene rings is 1. The molecule has 1 aliphatic rings. The van der Waals surface area contributed by atoms with Crippen LogP contribution in [-0.2, 0) is 0 Å². The van der Waals surface area contributed by atoms with Crippen molar-refractivity contribution >= 4 is 12.1 Å². The van der Waals surface area contributed by atoms with Crippen LogP contribution in [0.4, 0.5) is 9.18 Å². The van der Waals surface area contributed by atoms with Crippen LogP contribution in [0.25, 0.3) is 6.08 Å². The Balaban J connectivity index is 1.61. The van der Waals surface area contributed by atoms with Gasteiger partial charge in [0.1, 0.15) is 5.82 Å². The lowest BCUT2D eigenvalue weighted by Crippen LogP contribution is -2.46. The normalized spacial score (nSPS) is 16.0. The van der Waals surface area contributed by atoms with Gasteiger partial charge in [0.05, 0.1) is 0 Å². The maximum Gasteiger partial charge on any atom is 0.318 e. The minimum Gasteiger partial charge on any atom is -0.337 e. The minimum atomic E-state index is -0.272. The van der Waals surface area contributed by atoms with Crippen molar-refractivity contribution in [3.63, 3.8) is 0 Å². The average molecular weight is 292 g/mol. The van der Waals surface area contributed by atoms with Gasteiger partial charge in [0.2, 0.25) is 0 Å². The van der Waals surface area contributed by atoms with Gasteiger partial charge in [-0.25, -0.2) is 9.18 Å². The number of hydrogen-bond donors (Lipinski definition) is 3. The van der Waals surface area contributed by atoms with E-state index < -0.39 is 0 Å². The molecule has 0 unspecified atom stereocenters. The Morgan fingerprint density at radius 2 is 2.00 bits per heavy atom. The van der Waals surface area contributed by atoms with E-state index in [1.165, 1.54) is 12.1 Å². The summed E-state index contributed by atoms with van der Waals surface area (Å²) < 4.78 is 12.7. The molecule has 1 aliphatic heterocycles. The Morgan fingerprint density at radius 1 is 1.29 bits per heavy atom. The number of halogens is 1. The zero-order valence-electron chi connectivity index (χ0n) is 11.9. The van der Waals surface area contributed by atoms with Gasteiger partial charge in [-0.3, -0.25) is 4.90 Å². The van der Waals surface area contributed by atoms with Crippen molar-refractivity contribution in [1.29, 1.82) is 0 Å². The van der Waals surface area contributed by atoms with E-state index in [-0.39, 0.29) is 11.8 Å². The number of rotatable bonds is 5. The summed E-state index contributed by atoms with van der Waals surface area (Å²) in [6.07, 6.45) is 3.27. The summed E-state index contributed by atoms with van der Waals surface area (Å²) in [4.78, 5) is 13.9. The van der Waals surface area contributed by atoms with Crippen LogP contribution in [0.5, 0.6) is 0 Å². The second-order valence-electron chi connectivity index (χ2n) is 4.88. The van der Waals surface area contributed by atoms with E-state index in [9.17, 15) is 9.18 Å². The number of urea groups is 1. The molecule has 0 spiro atoms. The predicted molar refractivity (Wildman–Crippen MR) is 81.3 cm³/mol. The lowest BCUT2D eigenvalue weighted by Gasteiger charge is -2.26. The van der Waals surface area contributed by atoms with E-state index in [4.69, 9.17) is 0 Å². The highest BCUT2D eigenvalue weighted by Crippen LogP contribution is 2.03. The van der Waals surface area contributed by atoms with Crippen LogP contribution < -0.4 is 16.0 Å². The first-order valence-corrected chi connectivity index (χ1v) is 7.13. The average Bonchev–Trinajstić information content (AvgIpc) is 2.50. The molecule has 1 heterocycles. The van der Waals surface area contributed by atoms with Crippen LogP contribution in [0.3, 0.4) is 0 Å². The maximum absolute atomic E-state index is 12.7. The lowest BCUT2D eigenvalue weighted by molar-refractivity contribution is 0.229. The van der Waals surface area contributed by atoms with Crippen LogP contribution in [-0.4, -0.2) is 50.2 Å². The number of amides is 2. The molecule has 6 heteroatoms. The molecule has 1 fully saturated rings. The highest BCUT2D eigenvalue weighted by molar-refractivity contribution is 5.75. The number of carbonyl (C=O) groups excluding carboxylic acids is 1. The van der Waals surface area contributed by atoms with E-state index in [1.54, 1.807) is 24.4 Å². The summed E-state index contributed by atoms with van der Waals surface area (Å²) in [5, 5.41) is 8.72. The standard InChI is InChI=1S/C15H21FN4O/c16-14-3-1-13(2-4-14)5-6-18-15(21)19-9-12-20-10-7-17-8-11-20/h1-6,17H,7-12H2,(H2,18,19,21)/b6-5+. The molecular formula is C15H21FN4O. The summed E-state index contributed by atoms with van der Waals surface area (Å²) in [6.45, 7) is 5.54. The first-order valence-electron chi connectivity index (χ1n) is 7.13. The fourth-order valence-corrected chi connectivity index (χ4v) is 2.10. The molecule has 1 aromatic carbocycles. The van der Waals surface area contributed by atoms with E-state index in [0.717, 1.165) is 38.3 Å². The van der Waals surface area contributed by atoms with Gasteiger partial charge < -0.3 is 16.0 Å². The number of nitrogens with zero attached hydrogens (tertiary/aromatic N) is 1. The van der Waals surface area contributed by atoms with Gasteiger partial charge in [0.25, 0.3) is 0 Å². The molecule has 0 saturated carbocycles. The maximum atomic E-state index is 12.7. The summed E-state index contributed by atoms with van der Waals surface area (Å²) in [7, 11) is 0. The summed E-state index contributed by atoms with van der Waals surface area (Å²) >= 11 is 0. The second kappa shape index (κ2) is 8.39. The molecule has 21 heavy (non-hydrogen) atoms. The van der Waals surface area contributed by atoms with Gasteiger partial charge in [0.15, 0.2) is 0 Å². The number of nitrogens with one attached hydrogen (secondary N) is 3. The highest BCUT2D eigenvalue weighted by Gasteiger charge is 2.08. The lowest BCUT2D eigenvalue weighted by atomic mass is 10.2. The summed E-state index contributed by atoms with van der Waals surface area (Å²) in [5.41, 5.74) is 0.831. The predicted octanol–water partition coefficient (Wildman–Crippen LogP) is 1.00. The van der Waals surface area contributed by atoms with Crippen molar-refractivity contribution in [3.8, 4) is 0 Å². The minimum absolute atomic E-state index is 0.233. The molecular weight excluding hydrogens is 271 g/mol. The summed E-state index contributed by atoms with van der Waals surface area (Å²) in [5.74, 6) is -0.272.